The van der Waals surface area contributed by atoms with Crippen molar-refractivity contribution in [2.24, 2.45) is 0 Å². The minimum Gasteiger partial charge on any atom is -0.364 e. The van der Waals surface area contributed by atoms with Crippen LogP contribution >= 0.6 is 0 Å². The van der Waals surface area contributed by atoms with E-state index in [2.05, 4.69) is 62.2 Å². The predicted octanol–water partition coefficient (Wildman–Crippen LogP) is 1.21. The van der Waals surface area contributed by atoms with Crippen LogP contribution in [-0.2, 0) is 0 Å². The molecule has 0 unspecified atom stereocenters. The molecule has 0 saturated carbocycles. The minimum atomic E-state index is -0.185. The van der Waals surface area contributed by atoms with Gasteiger partial charge in [-0.15, -0.1) is 0 Å². The predicted molar refractivity (Wildman–Crippen MR) is 66.1 cm³/mol. The van der Waals surface area contributed by atoms with Crippen molar-refractivity contribution in [1.82, 2.24) is 20.4 Å². The molecule has 16 heavy (non-hydrogen) atoms. The number of nitrogens with zero attached hydrogens (tertiary/aromatic N) is 2. The summed E-state index contributed by atoms with van der Waals surface area (Å²) in [6.45, 7) is 8.78. The Morgan fingerprint density at radius 2 is 1.31 bits per heavy atom. The van der Waals surface area contributed by atoms with Crippen molar-refractivity contribution in [3.63, 3.8) is 0 Å². The van der Waals surface area contributed by atoms with Crippen LogP contribution in [0.1, 0.15) is 27.7 Å². The fourth-order valence-electron chi connectivity index (χ4n) is 2.77. The van der Waals surface area contributed by atoms with Crippen LogP contribution in [0.15, 0.2) is 23.8 Å². The van der Waals surface area contributed by atoms with Crippen molar-refractivity contribution < 1.29 is 0 Å². The normalized spacial score (nSPS) is 26.1. The topological polar surface area (TPSA) is 30.5 Å². The van der Waals surface area contributed by atoms with E-state index in [1.807, 2.05) is 12.4 Å². The highest BCUT2D eigenvalue weighted by Crippen LogP contribution is 2.41. The number of hydrogen-bond donors (Lipinski definition) is 2. The third-order valence-electron chi connectivity index (χ3n) is 4.61. The monoisotopic (exact) mass is 222 g/mol. The molecule has 0 radical (unpaired) electrons. The summed E-state index contributed by atoms with van der Waals surface area (Å²) in [5.41, 5.74) is 2.34. The molecule has 0 saturated heterocycles. The highest BCUT2D eigenvalue weighted by Gasteiger charge is 2.55. The molecule has 4 nitrogen and oxygen atoms in total. The number of allylic oxidation sites excluding steroid dienone is 2. The Labute approximate surface area is 98.0 Å². The van der Waals surface area contributed by atoms with Crippen molar-refractivity contribution in [3.8, 4) is 0 Å². The molecule has 0 atom stereocenters. The van der Waals surface area contributed by atoms with Crippen LogP contribution < -0.4 is 10.6 Å². The van der Waals surface area contributed by atoms with Crippen LogP contribution in [0.3, 0.4) is 0 Å². The lowest BCUT2D eigenvalue weighted by Gasteiger charge is -2.51. The summed E-state index contributed by atoms with van der Waals surface area (Å²) in [5.74, 6) is 0. The second-order valence-corrected chi connectivity index (χ2v) is 5.06. The maximum absolute atomic E-state index is 3.42. The van der Waals surface area contributed by atoms with Crippen LogP contribution in [0, 0.1) is 0 Å². The largest absolute Gasteiger partial charge is 0.364 e. The van der Waals surface area contributed by atoms with Crippen LogP contribution in [-0.4, -0.2) is 35.2 Å². The van der Waals surface area contributed by atoms with Crippen molar-refractivity contribution in [1.29, 1.82) is 0 Å². The fourth-order valence-corrected chi connectivity index (χ4v) is 2.77. The number of rotatable bonds is 1. The van der Waals surface area contributed by atoms with Gasteiger partial charge in [-0.1, -0.05) is 0 Å². The summed E-state index contributed by atoms with van der Waals surface area (Å²) in [4.78, 5) is 4.66. The van der Waals surface area contributed by atoms with Crippen molar-refractivity contribution >= 4 is 0 Å². The Morgan fingerprint density at radius 1 is 0.938 bits per heavy atom. The number of nitrogens with one attached hydrogen (secondary N) is 2. The standard InChI is InChI=1S/C12H22N4/c1-9-10(2)16(6)12(4,15(9)5)11(3)13-7-8-14-11/h7-8,13-14H,1-6H3. The van der Waals surface area contributed by atoms with Gasteiger partial charge in [0.2, 0.25) is 0 Å². The second-order valence-electron chi connectivity index (χ2n) is 5.06. The van der Waals surface area contributed by atoms with Gasteiger partial charge in [-0.25, -0.2) is 0 Å². The van der Waals surface area contributed by atoms with Crippen LogP contribution in [0.25, 0.3) is 0 Å². The lowest BCUT2D eigenvalue weighted by Crippen LogP contribution is -2.72. The van der Waals surface area contributed by atoms with Gasteiger partial charge in [-0.3, -0.25) is 0 Å². The van der Waals surface area contributed by atoms with E-state index in [1.54, 1.807) is 0 Å². The van der Waals surface area contributed by atoms with E-state index in [0.717, 1.165) is 0 Å². The first-order valence-electron chi connectivity index (χ1n) is 5.70. The van der Waals surface area contributed by atoms with Gasteiger partial charge in [0.1, 0.15) is 5.66 Å². The summed E-state index contributed by atoms with van der Waals surface area (Å²) >= 11 is 0. The van der Waals surface area contributed by atoms with Gasteiger partial charge in [0.15, 0.2) is 5.66 Å². The molecule has 0 amide bonds. The highest BCUT2D eigenvalue weighted by molar-refractivity contribution is 5.26. The van der Waals surface area contributed by atoms with E-state index in [9.17, 15) is 0 Å². The Hall–Kier alpha value is -1.32. The van der Waals surface area contributed by atoms with Crippen molar-refractivity contribution in [2.75, 3.05) is 14.1 Å². The van der Waals surface area contributed by atoms with E-state index in [4.69, 9.17) is 0 Å². The molecule has 0 aromatic rings. The summed E-state index contributed by atoms with van der Waals surface area (Å²) in [6, 6.07) is 0. The van der Waals surface area contributed by atoms with Gasteiger partial charge in [0.25, 0.3) is 0 Å². The lowest BCUT2D eigenvalue weighted by molar-refractivity contribution is -0.0216. The van der Waals surface area contributed by atoms with E-state index < -0.39 is 0 Å². The maximum atomic E-state index is 3.42. The van der Waals surface area contributed by atoms with Gasteiger partial charge in [0, 0.05) is 37.9 Å². The number of hydrogen-bond acceptors (Lipinski definition) is 4. The van der Waals surface area contributed by atoms with Crippen molar-refractivity contribution in [2.45, 2.75) is 39.0 Å². The Bertz CT molecular complexity index is 343. The molecule has 90 valence electrons. The molecular formula is C12H22N4. The molecule has 0 aromatic carbocycles. The van der Waals surface area contributed by atoms with E-state index >= 15 is 0 Å². The summed E-state index contributed by atoms with van der Waals surface area (Å²) in [7, 11) is 4.30. The number of likely N-dealkylation sites (N-methyl/N-ethyl adjacent to an activating group) is 2. The first-order chi connectivity index (χ1) is 7.34. The molecule has 2 heterocycles. The second kappa shape index (κ2) is 3.09. The Balaban J connectivity index is 2.41. The van der Waals surface area contributed by atoms with Crippen LogP contribution in [0.2, 0.25) is 0 Å². The molecule has 2 N–H and O–H groups in total. The minimum absolute atomic E-state index is 0.120. The van der Waals surface area contributed by atoms with E-state index in [0.29, 0.717) is 0 Å². The molecule has 2 aliphatic heterocycles. The molecule has 2 aliphatic rings. The summed E-state index contributed by atoms with van der Waals surface area (Å²) in [6.07, 6.45) is 3.94. The summed E-state index contributed by atoms with van der Waals surface area (Å²) < 4.78 is 0. The Morgan fingerprint density at radius 3 is 1.69 bits per heavy atom. The zero-order chi connectivity index (χ0) is 12.1. The highest BCUT2D eigenvalue weighted by atomic mass is 15.5. The Kier molecular flexibility index (Phi) is 2.16. The zero-order valence-corrected chi connectivity index (χ0v) is 11.0. The third-order valence-corrected chi connectivity index (χ3v) is 4.61. The van der Waals surface area contributed by atoms with Gasteiger partial charge in [-0.05, 0) is 27.7 Å². The third kappa shape index (κ3) is 1.05. The molecule has 4 heteroatoms. The first kappa shape index (κ1) is 11.2. The summed E-state index contributed by atoms with van der Waals surface area (Å²) in [5, 5.41) is 6.83. The van der Waals surface area contributed by atoms with E-state index in [-0.39, 0.29) is 11.3 Å². The van der Waals surface area contributed by atoms with Gasteiger partial charge >= 0.3 is 0 Å². The van der Waals surface area contributed by atoms with Gasteiger partial charge < -0.3 is 20.4 Å². The molecular weight excluding hydrogens is 200 g/mol. The lowest BCUT2D eigenvalue weighted by atomic mass is 9.94. The maximum Gasteiger partial charge on any atom is 0.151 e. The SMILES string of the molecule is CC1=C(C)N(C)C(C)(C2(C)NC=CN2)N1C. The fraction of sp³-hybridized carbons (Fsp3) is 0.667. The average molecular weight is 222 g/mol. The smallest absolute Gasteiger partial charge is 0.151 e. The molecule has 0 bridgehead atoms. The zero-order valence-electron chi connectivity index (χ0n) is 11.0. The first-order valence-corrected chi connectivity index (χ1v) is 5.70. The van der Waals surface area contributed by atoms with Crippen molar-refractivity contribution in [3.05, 3.63) is 23.8 Å². The quantitative estimate of drug-likeness (QED) is 0.698. The van der Waals surface area contributed by atoms with Crippen LogP contribution in [0.5, 0.6) is 0 Å². The van der Waals surface area contributed by atoms with Crippen LogP contribution in [0.4, 0.5) is 0 Å². The molecule has 0 spiro atoms. The molecule has 2 rings (SSSR count). The molecule has 0 aliphatic carbocycles. The van der Waals surface area contributed by atoms with Gasteiger partial charge in [0.05, 0.1) is 0 Å². The van der Waals surface area contributed by atoms with E-state index in [1.165, 1.54) is 11.4 Å². The van der Waals surface area contributed by atoms with Gasteiger partial charge in [-0.2, -0.15) is 0 Å². The molecule has 0 fully saturated rings. The average Bonchev–Trinajstić information content (AvgIpc) is 2.76. The molecule has 0 aromatic heterocycles.